The predicted molar refractivity (Wildman–Crippen MR) is 98.0 cm³/mol. The smallest absolute Gasteiger partial charge is 0.374 e. The van der Waals surface area contributed by atoms with Crippen LogP contribution in [0.15, 0.2) is 40.8 Å². The Morgan fingerprint density at radius 2 is 1.96 bits per heavy atom. The standard InChI is InChI=1S/C19H19ClN2O5/c20-13-6-2-1-5-12(13)15-8-9-16(27-15)19(25)26-11-17(23)22-10-4-3-7-14(22)18(21)24/h1-2,5-6,8-9,14H,3-4,7,10-11H2,(H2,21,24)/t14-/m0/s1. The summed E-state index contributed by atoms with van der Waals surface area (Å²) in [5.74, 6) is -1.39. The van der Waals surface area contributed by atoms with Crippen molar-refractivity contribution in [2.45, 2.75) is 25.3 Å². The fraction of sp³-hybridized carbons (Fsp3) is 0.316. The van der Waals surface area contributed by atoms with Crippen molar-refractivity contribution in [2.75, 3.05) is 13.2 Å². The van der Waals surface area contributed by atoms with Crippen LogP contribution in [0.2, 0.25) is 5.02 Å². The number of hydrogen-bond donors (Lipinski definition) is 1. The van der Waals surface area contributed by atoms with Gasteiger partial charge in [0, 0.05) is 12.1 Å². The zero-order valence-electron chi connectivity index (χ0n) is 14.5. The first-order valence-electron chi connectivity index (χ1n) is 8.58. The summed E-state index contributed by atoms with van der Waals surface area (Å²) in [5, 5.41) is 0.490. The summed E-state index contributed by atoms with van der Waals surface area (Å²) in [6.07, 6.45) is 2.13. The summed E-state index contributed by atoms with van der Waals surface area (Å²) in [7, 11) is 0. The zero-order chi connectivity index (χ0) is 19.4. The molecule has 27 heavy (non-hydrogen) atoms. The van der Waals surface area contributed by atoms with Gasteiger partial charge in [-0.1, -0.05) is 23.7 Å². The Labute approximate surface area is 161 Å². The summed E-state index contributed by atoms with van der Waals surface area (Å²) in [5.41, 5.74) is 5.99. The van der Waals surface area contributed by atoms with Crippen LogP contribution in [-0.2, 0) is 14.3 Å². The van der Waals surface area contributed by atoms with Gasteiger partial charge in [-0.05, 0) is 43.5 Å². The maximum atomic E-state index is 12.3. The van der Waals surface area contributed by atoms with Crippen molar-refractivity contribution < 1.29 is 23.5 Å². The largest absolute Gasteiger partial charge is 0.450 e. The number of amides is 2. The third kappa shape index (κ3) is 4.31. The van der Waals surface area contributed by atoms with Crippen LogP contribution in [0, 0.1) is 0 Å². The van der Waals surface area contributed by atoms with Gasteiger partial charge in [0.15, 0.2) is 6.61 Å². The number of halogens is 1. The molecule has 0 bridgehead atoms. The number of benzene rings is 1. The van der Waals surface area contributed by atoms with Crippen molar-refractivity contribution in [1.82, 2.24) is 4.90 Å². The summed E-state index contributed by atoms with van der Waals surface area (Å²) in [4.78, 5) is 37.3. The normalized spacial score (nSPS) is 16.8. The lowest BCUT2D eigenvalue weighted by molar-refractivity contribution is -0.143. The molecule has 2 N–H and O–H groups in total. The van der Waals surface area contributed by atoms with E-state index in [2.05, 4.69) is 0 Å². The number of esters is 1. The molecule has 1 aromatic heterocycles. The molecule has 1 saturated heterocycles. The predicted octanol–water partition coefficient (Wildman–Crippen LogP) is 2.62. The molecular formula is C19H19ClN2O5. The average Bonchev–Trinajstić information content (AvgIpc) is 3.16. The second kappa shape index (κ2) is 8.26. The van der Waals surface area contributed by atoms with E-state index in [0.29, 0.717) is 29.3 Å². The number of furan rings is 1. The molecule has 8 heteroatoms. The molecule has 142 valence electrons. The van der Waals surface area contributed by atoms with Gasteiger partial charge in [0.2, 0.25) is 11.7 Å². The van der Waals surface area contributed by atoms with Crippen LogP contribution in [0.5, 0.6) is 0 Å². The van der Waals surface area contributed by atoms with Crippen molar-refractivity contribution in [3.63, 3.8) is 0 Å². The SMILES string of the molecule is NC(=O)[C@@H]1CCCCN1C(=O)COC(=O)c1ccc(-c2ccccc2Cl)o1. The molecule has 2 heterocycles. The third-order valence-electron chi connectivity index (χ3n) is 4.42. The molecule has 3 rings (SSSR count). The van der Waals surface area contributed by atoms with E-state index in [-0.39, 0.29) is 5.76 Å². The fourth-order valence-corrected chi connectivity index (χ4v) is 3.29. The van der Waals surface area contributed by atoms with E-state index in [1.54, 1.807) is 30.3 Å². The molecule has 0 radical (unpaired) electrons. The van der Waals surface area contributed by atoms with Crippen LogP contribution in [0.4, 0.5) is 0 Å². The average molecular weight is 391 g/mol. The van der Waals surface area contributed by atoms with E-state index in [9.17, 15) is 14.4 Å². The van der Waals surface area contributed by atoms with Crippen LogP contribution in [0.1, 0.15) is 29.8 Å². The van der Waals surface area contributed by atoms with Crippen molar-refractivity contribution >= 4 is 29.4 Å². The number of rotatable bonds is 5. The number of hydrogen-bond acceptors (Lipinski definition) is 5. The Kier molecular flexibility index (Phi) is 5.81. The minimum Gasteiger partial charge on any atom is -0.450 e. The van der Waals surface area contributed by atoms with Crippen molar-refractivity contribution in [3.05, 3.63) is 47.2 Å². The summed E-state index contributed by atoms with van der Waals surface area (Å²) >= 11 is 6.11. The second-order valence-corrected chi connectivity index (χ2v) is 6.63. The van der Waals surface area contributed by atoms with Gasteiger partial charge in [-0.2, -0.15) is 0 Å². The maximum Gasteiger partial charge on any atom is 0.374 e. The van der Waals surface area contributed by atoms with Gasteiger partial charge in [-0.25, -0.2) is 4.79 Å². The highest BCUT2D eigenvalue weighted by atomic mass is 35.5. The monoisotopic (exact) mass is 390 g/mol. The lowest BCUT2D eigenvalue weighted by atomic mass is 10.0. The molecule has 1 fully saturated rings. The quantitative estimate of drug-likeness (QED) is 0.790. The number of carbonyl (C=O) groups is 3. The molecule has 0 aliphatic carbocycles. The molecule has 0 saturated carbocycles. The van der Waals surface area contributed by atoms with Crippen molar-refractivity contribution in [2.24, 2.45) is 5.73 Å². The second-order valence-electron chi connectivity index (χ2n) is 6.22. The highest BCUT2D eigenvalue weighted by Crippen LogP contribution is 2.29. The Balaban J connectivity index is 1.62. The van der Waals surface area contributed by atoms with Gasteiger partial charge in [0.05, 0.1) is 5.02 Å². The summed E-state index contributed by atoms with van der Waals surface area (Å²) in [6, 6.07) is 9.47. The molecule has 0 spiro atoms. The van der Waals surface area contributed by atoms with Gasteiger partial charge >= 0.3 is 5.97 Å². The van der Waals surface area contributed by atoms with Crippen LogP contribution in [0.25, 0.3) is 11.3 Å². The fourth-order valence-electron chi connectivity index (χ4n) is 3.06. The topological polar surface area (TPSA) is 103 Å². The number of nitrogens with zero attached hydrogens (tertiary/aromatic N) is 1. The summed E-state index contributed by atoms with van der Waals surface area (Å²) in [6.45, 7) is -0.0634. The third-order valence-corrected chi connectivity index (χ3v) is 4.75. The van der Waals surface area contributed by atoms with E-state index in [1.165, 1.54) is 11.0 Å². The highest BCUT2D eigenvalue weighted by Gasteiger charge is 2.31. The lowest BCUT2D eigenvalue weighted by Gasteiger charge is -2.33. The molecule has 2 amide bonds. The van der Waals surface area contributed by atoms with Gasteiger partial charge in [0.25, 0.3) is 5.91 Å². The first-order chi connectivity index (χ1) is 13.0. The molecule has 1 atom stereocenters. The highest BCUT2D eigenvalue weighted by molar-refractivity contribution is 6.33. The van der Waals surface area contributed by atoms with Gasteiger partial charge in [0.1, 0.15) is 11.8 Å². The first-order valence-corrected chi connectivity index (χ1v) is 8.96. The number of carbonyl (C=O) groups excluding carboxylic acids is 3. The Morgan fingerprint density at radius 3 is 2.70 bits per heavy atom. The van der Waals surface area contributed by atoms with E-state index in [4.69, 9.17) is 26.5 Å². The Hall–Kier alpha value is -2.80. The van der Waals surface area contributed by atoms with E-state index in [0.717, 1.165) is 12.8 Å². The number of primary amides is 1. The van der Waals surface area contributed by atoms with Crippen LogP contribution in [0.3, 0.4) is 0 Å². The molecule has 2 aromatic rings. The first kappa shape index (κ1) is 19.0. The van der Waals surface area contributed by atoms with Crippen LogP contribution < -0.4 is 5.73 Å². The van der Waals surface area contributed by atoms with Gasteiger partial charge in [-0.3, -0.25) is 9.59 Å². The summed E-state index contributed by atoms with van der Waals surface area (Å²) < 4.78 is 10.5. The van der Waals surface area contributed by atoms with E-state index < -0.39 is 30.4 Å². The number of piperidine rings is 1. The number of likely N-dealkylation sites (tertiary alicyclic amines) is 1. The van der Waals surface area contributed by atoms with Crippen LogP contribution >= 0.6 is 11.6 Å². The van der Waals surface area contributed by atoms with Gasteiger partial charge in [-0.15, -0.1) is 0 Å². The Morgan fingerprint density at radius 1 is 1.19 bits per heavy atom. The lowest BCUT2D eigenvalue weighted by Crippen LogP contribution is -2.51. The van der Waals surface area contributed by atoms with Crippen LogP contribution in [-0.4, -0.2) is 41.9 Å². The molecule has 1 aliphatic rings. The van der Waals surface area contributed by atoms with Crippen molar-refractivity contribution in [1.29, 1.82) is 0 Å². The molecule has 1 aromatic carbocycles. The molecule has 1 aliphatic heterocycles. The van der Waals surface area contributed by atoms with E-state index >= 15 is 0 Å². The minimum absolute atomic E-state index is 0.0391. The Bertz CT molecular complexity index is 863. The maximum absolute atomic E-state index is 12.3. The number of ether oxygens (including phenoxy) is 1. The van der Waals surface area contributed by atoms with Crippen molar-refractivity contribution in [3.8, 4) is 11.3 Å². The molecule has 7 nitrogen and oxygen atoms in total. The minimum atomic E-state index is -0.769. The zero-order valence-corrected chi connectivity index (χ0v) is 15.3. The van der Waals surface area contributed by atoms with E-state index in [1.807, 2.05) is 0 Å². The molecule has 0 unspecified atom stereocenters. The number of nitrogens with two attached hydrogens (primary N) is 1. The van der Waals surface area contributed by atoms with Gasteiger partial charge < -0.3 is 19.8 Å². The molecular weight excluding hydrogens is 372 g/mol.